The first-order chi connectivity index (χ1) is 11.2. The fourth-order valence-corrected chi connectivity index (χ4v) is 5.80. The summed E-state index contributed by atoms with van der Waals surface area (Å²) in [6.07, 6.45) is 11.6. The van der Waals surface area contributed by atoms with Gasteiger partial charge in [-0.25, -0.2) is 4.98 Å². The van der Waals surface area contributed by atoms with E-state index in [2.05, 4.69) is 4.98 Å². The molecule has 124 valence electrons. The lowest BCUT2D eigenvalue weighted by atomic mass is 9.42. The van der Waals surface area contributed by atoms with Crippen molar-refractivity contribution in [3.63, 3.8) is 0 Å². The van der Waals surface area contributed by atoms with Crippen LogP contribution in [0, 0.1) is 23.2 Å². The molecule has 0 saturated heterocycles. The number of carbonyl (C=O) groups excluding carboxylic acids is 1. The minimum Gasteiger partial charge on any atom is -0.469 e. The van der Waals surface area contributed by atoms with Gasteiger partial charge in [-0.1, -0.05) is 6.42 Å². The van der Waals surface area contributed by atoms with Crippen molar-refractivity contribution in [2.24, 2.45) is 23.2 Å². The maximum absolute atomic E-state index is 12.6. The van der Waals surface area contributed by atoms with Gasteiger partial charge in [0, 0.05) is 18.3 Å². The van der Waals surface area contributed by atoms with E-state index in [0.29, 0.717) is 17.0 Å². The predicted octanol–water partition coefficient (Wildman–Crippen LogP) is 2.79. The van der Waals surface area contributed by atoms with E-state index in [-0.39, 0.29) is 23.4 Å². The molecular formula is C17H22N2O3S. The number of methoxy groups -OCH3 is 1. The van der Waals surface area contributed by atoms with Gasteiger partial charge in [-0.2, -0.15) is 0 Å². The Labute approximate surface area is 141 Å². The number of hydrogen-bond donors (Lipinski definition) is 0. The molecular weight excluding hydrogens is 312 g/mol. The summed E-state index contributed by atoms with van der Waals surface area (Å²) in [6.45, 7) is 0. The monoisotopic (exact) mass is 334 g/mol. The molecule has 5 nitrogen and oxygen atoms in total. The van der Waals surface area contributed by atoms with Crippen LogP contribution in [0.25, 0.3) is 0 Å². The summed E-state index contributed by atoms with van der Waals surface area (Å²) < 4.78 is 13.1. The number of nitrogens with zero attached hydrogens (tertiary/aromatic N) is 2. The Bertz CT molecular complexity index is 617. The van der Waals surface area contributed by atoms with Crippen LogP contribution in [-0.2, 0) is 14.3 Å². The van der Waals surface area contributed by atoms with E-state index in [1.807, 2.05) is 0 Å². The Morgan fingerprint density at radius 3 is 2.96 bits per heavy atom. The van der Waals surface area contributed by atoms with Crippen molar-refractivity contribution >= 4 is 23.4 Å². The van der Waals surface area contributed by atoms with Crippen molar-refractivity contribution in [3.8, 4) is 0 Å². The third kappa shape index (κ3) is 2.07. The zero-order chi connectivity index (χ0) is 16.0. The van der Waals surface area contributed by atoms with Crippen LogP contribution in [0.2, 0.25) is 0 Å². The van der Waals surface area contributed by atoms with E-state index >= 15 is 0 Å². The number of hydrogen-bond acceptors (Lipinski definition) is 5. The number of carbonyl (C=O) groups is 1. The number of esters is 1. The van der Waals surface area contributed by atoms with E-state index in [9.17, 15) is 4.79 Å². The molecule has 0 aliphatic heterocycles. The summed E-state index contributed by atoms with van der Waals surface area (Å²) in [4.78, 5) is 16.6. The average molecular weight is 334 g/mol. The van der Waals surface area contributed by atoms with Gasteiger partial charge in [-0.3, -0.25) is 9.36 Å². The third-order valence-corrected chi connectivity index (χ3v) is 6.61. The summed E-state index contributed by atoms with van der Waals surface area (Å²) >= 11 is 5.41. The highest BCUT2D eigenvalue weighted by Gasteiger charge is 2.70. The maximum Gasteiger partial charge on any atom is 0.312 e. The van der Waals surface area contributed by atoms with E-state index in [1.54, 1.807) is 23.3 Å². The second-order valence-corrected chi connectivity index (χ2v) is 7.39. The molecule has 5 atom stereocenters. The van der Waals surface area contributed by atoms with Crippen LogP contribution >= 0.6 is 12.2 Å². The smallest absolute Gasteiger partial charge is 0.312 e. The number of thiocarbonyl (C=S) groups is 1. The van der Waals surface area contributed by atoms with Gasteiger partial charge in [0.1, 0.15) is 12.4 Å². The largest absolute Gasteiger partial charge is 0.469 e. The van der Waals surface area contributed by atoms with Crippen LogP contribution in [0.5, 0.6) is 0 Å². The van der Waals surface area contributed by atoms with Gasteiger partial charge < -0.3 is 9.47 Å². The van der Waals surface area contributed by atoms with Crippen LogP contribution in [0.1, 0.15) is 38.5 Å². The van der Waals surface area contributed by atoms with E-state index in [0.717, 1.165) is 25.7 Å². The summed E-state index contributed by atoms with van der Waals surface area (Å²) in [5, 5.41) is 0.426. The lowest BCUT2D eigenvalue weighted by molar-refractivity contribution is -0.212. The number of imidazole rings is 1. The SMILES string of the molecule is COC(=O)C12CCCC(OC(=S)n3ccnc3)C1C1CCCC12. The molecule has 4 rings (SSSR count). The van der Waals surface area contributed by atoms with Crippen LogP contribution in [0.15, 0.2) is 18.7 Å². The van der Waals surface area contributed by atoms with E-state index in [1.165, 1.54) is 20.0 Å². The van der Waals surface area contributed by atoms with Crippen molar-refractivity contribution in [2.75, 3.05) is 7.11 Å². The highest BCUT2D eigenvalue weighted by molar-refractivity contribution is 7.80. The summed E-state index contributed by atoms with van der Waals surface area (Å²) in [6, 6.07) is 0. The van der Waals surface area contributed by atoms with Gasteiger partial charge in [0.15, 0.2) is 0 Å². The van der Waals surface area contributed by atoms with Crippen LogP contribution < -0.4 is 0 Å². The van der Waals surface area contributed by atoms with Gasteiger partial charge in [0.05, 0.1) is 12.5 Å². The minimum atomic E-state index is -0.330. The topological polar surface area (TPSA) is 53.4 Å². The van der Waals surface area contributed by atoms with Crippen molar-refractivity contribution in [1.29, 1.82) is 0 Å². The molecule has 0 bridgehead atoms. The molecule has 23 heavy (non-hydrogen) atoms. The zero-order valence-corrected chi connectivity index (χ0v) is 14.1. The number of rotatable bonds is 2. The van der Waals surface area contributed by atoms with Gasteiger partial charge in [0.2, 0.25) is 0 Å². The molecule has 1 aromatic heterocycles. The number of fused-ring (bicyclic) bond motifs is 4. The standard InChI is InChI=1S/C17H22N2O3S/c1-21-15(20)17-7-3-6-13(14(17)11-4-2-5-12(11)17)22-16(23)19-9-8-18-10-19/h8-14H,2-7H2,1H3. The molecule has 1 aromatic rings. The maximum atomic E-state index is 12.6. The first-order valence-electron chi connectivity index (χ1n) is 8.46. The molecule has 0 aromatic carbocycles. The molecule has 0 N–H and O–H groups in total. The lowest BCUT2D eigenvalue weighted by Gasteiger charge is -2.61. The highest BCUT2D eigenvalue weighted by atomic mass is 32.1. The second kappa shape index (κ2) is 5.58. The molecule has 0 radical (unpaired) electrons. The fraction of sp³-hybridized carbons (Fsp3) is 0.706. The lowest BCUT2D eigenvalue weighted by Crippen LogP contribution is -2.65. The van der Waals surface area contributed by atoms with Crippen molar-refractivity contribution < 1.29 is 14.3 Å². The molecule has 3 fully saturated rings. The first-order valence-corrected chi connectivity index (χ1v) is 8.86. The molecule has 3 saturated carbocycles. The van der Waals surface area contributed by atoms with Crippen LogP contribution in [0.4, 0.5) is 0 Å². The molecule has 3 aliphatic carbocycles. The van der Waals surface area contributed by atoms with Gasteiger partial charge >= 0.3 is 5.97 Å². The molecule has 5 unspecified atom stereocenters. The van der Waals surface area contributed by atoms with E-state index < -0.39 is 0 Å². The average Bonchev–Trinajstić information content (AvgIpc) is 3.21. The number of ether oxygens (including phenoxy) is 2. The van der Waals surface area contributed by atoms with Gasteiger partial charge in [0.25, 0.3) is 5.17 Å². The molecule has 1 heterocycles. The first kappa shape index (κ1) is 15.1. The Balaban J connectivity index is 1.59. The Hall–Kier alpha value is -1.43. The normalized spacial score (nSPS) is 38.1. The molecule has 0 spiro atoms. The number of aromatic nitrogens is 2. The van der Waals surface area contributed by atoms with Crippen LogP contribution in [0.3, 0.4) is 0 Å². The zero-order valence-electron chi connectivity index (χ0n) is 13.3. The fourth-order valence-electron chi connectivity index (χ4n) is 5.57. The Morgan fingerprint density at radius 1 is 1.35 bits per heavy atom. The highest BCUT2D eigenvalue weighted by Crippen LogP contribution is 2.69. The van der Waals surface area contributed by atoms with Crippen molar-refractivity contribution in [2.45, 2.75) is 44.6 Å². The molecule has 6 heteroatoms. The van der Waals surface area contributed by atoms with Crippen LogP contribution in [-0.4, -0.2) is 33.9 Å². The summed E-state index contributed by atoms with van der Waals surface area (Å²) in [7, 11) is 1.51. The van der Waals surface area contributed by atoms with Gasteiger partial charge in [-0.05, 0) is 56.2 Å². The van der Waals surface area contributed by atoms with E-state index in [4.69, 9.17) is 21.7 Å². The Kier molecular flexibility index (Phi) is 3.67. The second-order valence-electron chi connectivity index (χ2n) is 7.04. The van der Waals surface area contributed by atoms with Crippen molar-refractivity contribution in [3.05, 3.63) is 18.7 Å². The quantitative estimate of drug-likeness (QED) is 0.615. The summed E-state index contributed by atoms with van der Waals surface area (Å²) in [5.74, 6) is 1.28. The molecule has 0 amide bonds. The predicted molar refractivity (Wildman–Crippen MR) is 87.7 cm³/mol. The molecule has 3 aliphatic rings. The summed E-state index contributed by atoms with van der Waals surface area (Å²) in [5.41, 5.74) is -0.330. The minimum absolute atomic E-state index is 0.0112. The van der Waals surface area contributed by atoms with Gasteiger partial charge in [-0.15, -0.1) is 0 Å². The van der Waals surface area contributed by atoms with Crippen molar-refractivity contribution in [1.82, 2.24) is 9.55 Å². The Morgan fingerprint density at radius 2 is 2.22 bits per heavy atom. The third-order valence-electron chi connectivity index (χ3n) is 6.30.